The summed E-state index contributed by atoms with van der Waals surface area (Å²) in [6.45, 7) is 7.35. The van der Waals surface area contributed by atoms with Gasteiger partial charge in [-0.2, -0.15) is 0 Å². The van der Waals surface area contributed by atoms with Crippen LogP contribution in [0.1, 0.15) is 59.3 Å². The van der Waals surface area contributed by atoms with Gasteiger partial charge in [0.2, 0.25) is 0 Å². The van der Waals surface area contributed by atoms with Crippen LogP contribution < -0.4 is 0 Å². The fraction of sp³-hybridized carbons (Fsp3) is 0.875. The first kappa shape index (κ1) is 16.1. The Balaban J connectivity index is 2.19. The molecule has 0 aromatic heterocycles. The molecule has 2 fully saturated rings. The van der Waals surface area contributed by atoms with Gasteiger partial charge in [-0.05, 0) is 51.9 Å². The minimum Gasteiger partial charge on any atom is -0.479 e. The van der Waals surface area contributed by atoms with E-state index < -0.39 is 11.5 Å². The van der Waals surface area contributed by atoms with Crippen molar-refractivity contribution in [2.24, 2.45) is 5.92 Å². The molecule has 1 saturated heterocycles. The van der Waals surface area contributed by atoms with Crippen molar-refractivity contribution in [2.45, 2.75) is 70.9 Å². The molecule has 0 aromatic rings. The van der Waals surface area contributed by atoms with Gasteiger partial charge in [0.15, 0.2) is 0 Å². The standard InChI is InChI=1S/C16H28N2O3/c1-4-8-16(14(19)20)9-5-10-18(16)15(21)17(12(2)3)11-13-6-7-13/h12-13H,4-11H2,1-3H3,(H,19,20). The number of hydrogen-bond donors (Lipinski definition) is 1. The third-order valence-electron chi connectivity index (χ3n) is 4.80. The summed E-state index contributed by atoms with van der Waals surface area (Å²) in [5.41, 5.74) is -0.984. The molecule has 0 bridgehead atoms. The number of carboxylic acids is 1. The Kier molecular flexibility index (Phi) is 4.79. The molecule has 5 nitrogen and oxygen atoms in total. The predicted octanol–water partition coefficient (Wildman–Crippen LogP) is 2.95. The molecule has 21 heavy (non-hydrogen) atoms. The zero-order valence-electron chi connectivity index (χ0n) is 13.5. The van der Waals surface area contributed by atoms with Crippen LogP contribution in [0.2, 0.25) is 0 Å². The van der Waals surface area contributed by atoms with Crippen LogP contribution in [0.3, 0.4) is 0 Å². The first-order valence-corrected chi connectivity index (χ1v) is 8.24. The van der Waals surface area contributed by atoms with Gasteiger partial charge in [-0.25, -0.2) is 9.59 Å². The lowest BCUT2D eigenvalue weighted by atomic mass is 9.91. The van der Waals surface area contributed by atoms with Gasteiger partial charge in [-0.3, -0.25) is 0 Å². The van der Waals surface area contributed by atoms with E-state index in [0.717, 1.165) is 19.4 Å². The smallest absolute Gasteiger partial charge is 0.329 e. The van der Waals surface area contributed by atoms with Crippen LogP contribution in [0.25, 0.3) is 0 Å². The van der Waals surface area contributed by atoms with Gasteiger partial charge in [0, 0.05) is 19.1 Å². The topological polar surface area (TPSA) is 60.9 Å². The molecule has 2 amide bonds. The van der Waals surface area contributed by atoms with Crippen molar-refractivity contribution in [1.29, 1.82) is 0 Å². The summed E-state index contributed by atoms with van der Waals surface area (Å²) < 4.78 is 0. The second kappa shape index (κ2) is 6.24. The number of amides is 2. The Hall–Kier alpha value is -1.26. The van der Waals surface area contributed by atoms with Gasteiger partial charge in [-0.15, -0.1) is 0 Å². The number of rotatable bonds is 6. The lowest BCUT2D eigenvalue weighted by Crippen LogP contribution is -2.58. The van der Waals surface area contributed by atoms with E-state index in [9.17, 15) is 14.7 Å². The number of hydrogen-bond acceptors (Lipinski definition) is 2. The molecule has 1 heterocycles. The molecule has 2 aliphatic rings. The van der Waals surface area contributed by atoms with Crippen molar-refractivity contribution >= 4 is 12.0 Å². The Morgan fingerprint density at radius 3 is 2.52 bits per heavy atom. The molecule has 1 N–H and O–H groups in total. The number of urea groups is 1. The van der Waals surface area contributed by atoms with Crippen molar-refractivity contribution in [3.8, 4) is 0 Å². The molecule has 0 aromatic carbocycles. The van der Waals surface area contributed by atoms with E-state index in [1.165, 1.54) is 12.8 Å². The van der Waals surface area contributed by atoms with Gasteiger partial charge in [0.05, 0.1) is 0 Å². The summed E-state index contributed by atoms with van der Waals surface area (Å²) in [5, 5.41) is 9.72. The highest BCUT2D eigenvalue weighted by Gasteiger charge is 2.50. The maximum absolute atomic E-state index is 12.9. The number of carboxylic acid groups (broad SMARTS) is 1. The quantitative estimate of drug-likeness (QED) is 0.819. The molecule has 120 valence electrons. The number of carbonyl (C=O) groups excluding carboxylic acids is 1. The molecule has 0 spiro atoms. The normalized spacial score (nSPS) is 25.4. The molecule has 0 radical (unpaired) electrons. The number of carbonyl (C=O) groups is 2. The van der Waals surface area contributed by atoms with Gasteiger partial charge >= 0.3 is 12.0 Å². The number of aliphatic carboxylic acids is 1. The van der Waals surface area contributed by atoms with Crippen LogP contribution in [0.5, 0.6) is 0 Å². The van der Waals surface area contributed by atoms with Crippen LogP contribution in [0.4, 0.5) is 4.79 Å². The average Bonchev–Trinajstić information content (AvgIpc) is 3.14. The van der Waals surface area contributed by atoms with Crippen molar-refractivity contribution in [3.63, 3.8) is 0 Å². The van der Waals surface area contributed by atoms with E-state index in [1.54, 1.807) is 4.90 Å². The van der Waals surface area contributed by atoms with E-state index in [0.29, 0.717) is 25.3 Å². The lowest BCUT2D eigenvalue weighted by molar-refractivity contribution is -0.149. The Morgan fingerprint density at radius 2 is 2.05 bits per heavy atom. The second-order valence-electron chi connectivity index (χ2n) is 6.81. The summed E-state index contributed by atoms with van der Waals surface area (Å²) in [6.07, 6.45) is 5.07. The summed E-state index contributed by atoms with van der Waals surface area (Å²) in [7, 11) is 0. The molecule has 5 heteroatoms. The second-order valence-corrected chi connectivity index (χ2v) is 6.81. The van der Waals surface area contributed by atoms with Crippen LogP contribution >= 0.6 is 0 Å². The third kappa shape index (κ3) is 3.16. The maximum Gasteiger partial charge on any atom is 0.329 e. The summed E-state index contributed by atoms with van der Waals surface area (Å²) in [6, 6.07) is 0.0390. The monoisotopic (exact) mass is 296 g/mol. The van der Waals surface area contributed by atoms with Crippen LogP contribution in [-0.2, 0) is 4.79 Å². The molecule has 1 aliphatic heterocycles. The fourth-order valence-corrected chi connectivity index (χ4v) is 3.40. The van der Waals surface area contributed by atoms with Gasteiger partial charge in [-0.1, -0.05) is 13.3 Å². The van der Waals surface area contributed by atoms with Crippen LogP contribution in [0, 0.1) is 5.92 Å². The fourth-order valence-electron chi connectivity index (χ4n) is 3.40. The zero-order valence-corrected chi connectivity index (χ0v) is 13.5. The van der Waals surface area contributed by atoms with Crippen molar-refractivity contribution < 1.29 is 14.7 Å². The Labute approximate surface area is 127 Å². The molecule has 1 unspecified atom stereocenters. The minimum atomic E-state index is -0.984. The third-order valence-corrected chi connectivity index (χ3v) is 4.80. The Morgan fingerprint density at radius 1 is 1.38 bits per heavy atom. The van der Waals surface area contributed by atoms with Crippen LogP contribution in [0.15, 0.2) is 0 Å². The van der Waals surface area contributed by atoms with Gasteiger partial charge < -0.3 is 14.9 Å². The maximum atomic E-state index is 12.9. The van der Waals surface area contributed by atoms with Gasteiger partial charge in [0.25, 0.3) is 0 Å². The van der Waals surface area contributed by atoms with E-state index in [-0.39, 0.29) is 12.1 Å². The molecule has 1 atom stereocenters. The highest BCUT2D eigenvalue weighted by molar-refractivity contribution is 5.87. The highest BCUT2D eigenvalue weighted by Crippen LogP contribution is 2.36. The molecular formula is C16H28N2O3. The molecule has 1 aliphatic carbocycles. The molecule has 2 rings (SSSR count). The molecule has 1 saturated carbocycles. The highest BCUT2D eigenvalue weighted by atomic mass is 16.4. The van der Waals surface area contributed by atoms with E-state index in [4.69, 9.17) is 0 Å². The lowest BCUT2D eigenvalue weighted by Gasteiger charge is -2.39. The van der Waals surface area contributed by atoms with Gasteiger partial charge in [0.1, 0.15) is 5.54 Å². The van der Waals surface area contributed by atoms with E-state index in [2.05, 4.69) is 0 Å². The van der Waals surface area contributed by atoms with E-state index in [1.807, 2.05) is 25.7 Å². The average molecular weight is 296 g/mol. The minimum absolute atomic E-state index is 0.0785. The van der Waals surface area contributed by atoms with Crippen molar-refractivity contribution in [3.05, 3.63) is 0 Å². The summed E-state index contributed by atoms with van der Waals surface area (Å²) in [4.78, 5) is 28.3. The van der Waals surface area contributed by atoms with Crippen LogP contribution in [-0.4, -0.2) is 51.6 Å². The number of nitrogens with zero attached hydrogens (tertiary/aromatic N) is 2. The van der Waals surface area contributed by atoms with Crippen molar-refractivity contribution in [1.82, 2.24) is 9.80 Å². The predicted molar refractivity (Wildman–Crippen MR) is 81.2 cm³/mol. The summed E-state index contributed by atoms with van der Waals surface area (Å²) in [5.74, 6) is -0.227. The largest absolute Gasteiger partial charge is 0.479 e. The van der Waals surface area contributed by atoms with E-state index >= 15 is 0 Å². The first-order chi connectivity index (χ1) is 9.92. The first-order valence-electron chi connectivity index (χ1n) is 8.24. The SMILES string of the molecule is CCCC1(C(=O)O)CCCN1C(=O)N(CC1CC1)C(C)C. The number of likely N-dealkylation sites (tertiary alicyclic amines) is 1. The Bertz CT molecular complexity index is 406. The van der Waals surface area contributed by atoms with Crippen molar-refractivity contribution in [2.75, 3.05) is 13.1 Å². The zero-order chi connectivity index (χ0) is 15.6. The summed E-state index contributed by atoms with van der Waals surface area (Å²) >= 11 is 0. The molecular weight excluding hydrogens is 268 g/mol.